The number of unbranched alkanes of at least 4 members (excludes halogenated alkanes) is 1. The molecule has 1 amide bonds. The SMILES string of the molecule is O=C(O)CCCCN1C(=O)C(=O)c2c(F)ccc(F)c21. The zero-order valence-electron chi connectivity index (χ0n) is 10.4. The van der Waals surface area contributed by atoms with Crippen molar-refractivity contribution in [1.82, 2.24) is 0 Å². The van der Waals surface area contributed by atoms with Crippen molar-refractivity contribution in [3.05, 3.63) is 29.3 Å². The molecule has 0 unspecified atom stereocenters. The van der Waals surface area contributed by atoms with E-state index in [9.17, 15) is 23.2 Å². The lowest BCUT2D eigenvalue weighted by molar-refractivity contribution is -0.137. The fourth-order valence-electron chi connectivity index (χ4n) is 2.11. The number of Topliss-reactive ketones (excluding diaryl/α,β-unsaturated/α-hetero) is 1. The second kappa shape index (κ2) is 5.36. The van der Waals surface area contributed by atoms with E-state index in [0.717, 1.165) is 17.0 Å². The maximum absolute atomic E-state index is 13.7. The number of benzene rings is 1. The average molecular weight is 283 g/mol. The van der Waals surface area contributed by atoms with Crippen LogP contribution in [0.4, 0.5) is 14.5 Å². The molecule has 0 aliphatic carbocycles. The number of aliphatic carboxylic acids is 1. The van der Waals surface area contributed by atoms with Crippen LogP contribution in [0, 0.1) is 11.6 Å². The molecule has 2 rings (SSSR count). The molecule has 0 saturated heterocycles. The van der Waals surface area contributed by atoms with Gasteiger partial charge in [0.05, 0.1) is 11.3 Å². The number of carboxylic acids is 1. The van der Waals surface area contributed by atoms with Gasteiger partial charge in [-0.25, -0.2) is 8.78 Å². The van der Waals surface area contributed by atoms with Crippen LogP contribution in [-0.4, -0.2) is 29.3 Å². The number of halogens is 2. The van der Waals surface area contributed by atoms with Gasteiger partial charge in [-0.2, -0.15) is 0 Å². The van der Waals surface area contributed by atoms with Crippen LogP contribution < -0.4 is 4.90 Å². The molecule has 0 atom stereocenters. The molecular formula is C13H11F2NO4. The molecule has 0 bridgehead atoms. The highest BCUT2D eigenvalue weighted by Gasteiger charge is 2.40. The molecule has 0 spiro atoms. The number of hydrogen-bond donors (Lipinski definition) is 1. The molecule has 5 nitrogen and oxygen atoms in total. The van der Waals surface area contributed by atoms with Gasteiger partial charge >= 0.3 is 5.97 Å². The Labute approximate surface area is 112 Å². The first-order valence-corrected chi connectivity index (χ1v) is 5.99. The summed E-state index contributed by atoms with van der Waals surface area (Å²) in [6.07, 6.45) is 0.467. The molecular weight excluding hydrogens is 272 g/mol. The number of amides is 1. The van der Waals surface area contributed by atoms with Crippen LogP contribution in [0.1, 0.15) is 29.6 Å². The highest BCUT2D eigenvalue weighted by molar-refractivity contribution is 6.52. The summed E-state index contributed by atoms with van der Waals surface area (Å²) in [5.41, 5.74) is -0.899. The van der Waals surface area contributed by atoms with E-state index in [1.54, 1.807) is 0 Å². The summed E-state index contributed by atoms with van der Waals surface area (Å²) in [7, 11) is 0. The molecule has 1 heterocycles. The summed E-state index contributed by atoms with van der Waals surface area (Å²) in [5.74, 6) is -4.83. The molecule has 1 aromatic carbocycles. The van der Waals surface area contributed by atoms with Gasteiger partial charge in [0.15, 0.2) is 0 Å². The van der Waals surface area contributed by atoms with Crippen LogP contribution in [0.3, 0.4) is 0 Å². The fourth-order valence-corrected chi connectivity index (χ4v) is 2.11. The number of carboxylic acid groups (broad SMARTS) is 1. The average Bonchev–Trinajstić information content (AvgIpc) is 2.64. The number of fused-ring (bicyclic) bond motifs is 1. The van der Waals surface area contributed by atoms with Crippen molar-refractivity contribution >= 4 is 23.3 Å². The second-order valence-corrected chi connectivity index (χ2v) is 4.39. The molecule has 1 aromatic rings. The molecule has 1 N–H and O–H groups in total. The molecule has 7 heteroatoms. The minimum atomic E-state index is -1.07. The Bertz CT molecular complexity index is 600. The predicted molar refractivity (Wildman–Crippen MR) is 64.5 cm³/mol. The van der Waals surface area contributed by atoms with Crippen molar-refractivity contribution in [2.45, 2.75) is 19.3 Å². The Kier molecular flexibility index (Phi) is 3.78. The summed E-state index contributed by atoms with van der Waals surface area (Å²) in [5, 5.41) is 8.49. The van der Waals surface area contributed by atoms with E-state index >= 15 is 0 Å². The van der Waals surface area contributed by atoms with Gasteiger partial charge in [0, 0.05) is 13.0 Å². The lowest BCUT2D eigenvalue weighted by Gasteiger charge is -2.16. The molecule has 0 saturated carbocycles. The van der Waals surface area contributed by atoms with E-state index in [1.165, 1.54) is 0 Å². The third-order valence-electron chi connectivity index (χ3n) is 3.04. The van der Waals surface area contributed by atoms with Crippen molar-refractivity contribution in [1.29, 1.82) is 0 Å². The van der Waals surface area contributed by atoms with Gasteiger partial charge in [-0.1, -0.05) is 0 Å². The van der Waals surface area contributed by atoms with E-state index < -0.39 is 34.9 Å². The molecule has 0 fully saturated rings. The predicted octanol–water partition coefficient (Wildman–Crippen LogP) is 1.75. The number of carbonyl (C=O) groups excluding carboxylic acids is 2. The molecule has 1 aliphatic rings. The van der Waals surface area contributed by atoms with Crippen molar-refractivity contribution in [2.75, 3.05) is 11.4 Å². The third kappa shape index (κ3) is 2.38. The van der Waals surface area contributed by atoms with E-state index in [2.05, 4.69) is 0 Å². The summed E-state index contributed by atoms with van der Waals surface area (Å²) < 4.78 is 27.2. The van der Waals surface area contributed by atoms with Gasteiger partial charge in [0.25, 0.3) is 11.7 Å². The van der Waals surface area contributed by atoms with Crippen molar-refractivity contribution < 1.29 is 28.3 Å². The van der Waals surface area contributed by atoms with Gasteiger partial charge in [0.1, 0.15) is 11.6 Å². The number of carbonyl (C=O) groups is 3. The van der Waals surface area contributed by atoms with E-state index in [0.29, 0.717) is 0 Å². The lowest BCUT2D eigenvalue weighted by atomic mass is 10.1. The van der Waals surface area contributed by atoms with E-state index in [-0.39, 0.29) is 31.5 Å². The fraction of sp³-hybridized carbons (Fsp3) is 0.308. The number of ketones is 1. The minimum Gasteiger partial charge on any atom is -0.481 e. The van der Waals surface area contributed by atoms with Gasteiger partial charge in [-0.3, -0.25) is 14.4 Å². The largest absolute Gasteiger partial charge is 0.481 e. The van der Waals surface area contributed by atoms with Crippen LogP contribution in [-0.2, 0) is 9.59 Å². The standard InChI is InChI=1S/C13H11F2NO4/c14-7-4-5-8(15)11-10(7)12(19)13(20)16(11)6-2-1-3-9(17)18/h4-5H,1-3,6H2,(H,17,18). The van der Waals surface area contributed by atoms with E-state index in [4.69, 9.17) is 5.11 Å². The van der Waals surface area contributed by atoms with Crippen LogP contribution >= 0.6 is 0 Å². The maximum Gasteiger partial charge on any atom is 0.303 e. The summed E-state index contributed by atoms with van der Waals surface area (Å²) >= 11 is 0. The topological polar surface area (TPSA) is 74.7 Å². The lowest BCUT2D eigenvalue weighted by Crippen LogP contribution is -2.31. The maximum atomic E-state index is 13.7. The Morgan fingerprint density at radius 1 is 1.15 bits per heavy atom. The van der Waals surface area contributed by atoms with Crippen molar-refractivity contribution in [2.24, 2.45) is 0 Å². The van der Waals surface area contributed by atoms with Crippen LogP contribution in [0.5, 0.6) is 0 Å². The highest BCUT2D eigenvalue weighted by Crippen LogP contribution is 2.33. The Morgan fingerprint density at radius 2 is 1.80 bits per heavy atom. The van der Waals surface area contributed by atoms with Crippen LogP contribution in [0.25, 0.3) is 0 Å². The first kappa shape index (κ1) is 14.1. The number of rotatable bonds is 5. The first-order valence-electron chi connectivity index (χ1n) is 5.99. The Balaban J connectivity index is 2.20. The first-order chi connectivity index (χ1) is 9.43. The minimum absolute atomic E-state index is 0.0226. The quantitative estimate of drug-likeness (QED) is 0.660. The molecule has 20 heavy (non-hydrogen) atoms. The van der Waals surface area contributed by atoms with Gasteiger partial charge in [-0.05, 0) is 25.0 Å². The smallest absolute Gasteiger partial charge is 0.303 e. The van der Waals surface area contributed by atoms with Crippen LogP contribution in [0.2, 0.25) is 0 Å². The summed E-state index contributed by atoms with van der Waals surface area (Å²) in [4.78, 5) is 34.6. The van der Waals surface area contributed by atoms with E-state index in [1.807, 2.05) is 0 Å². The third-order valence-corrected chi connectivity index (χ3v) is 3.04. The zero-order chi connectivity index (χ0) is 14.9. The summed E-state index contributed by atoms with van der Waals surface area (Å²) in [6, 6.07) is 1.65. The van der Waals surface area contributed by atoms with Crippen LogP contribution in [0.15, 0.2) is 12.1 Å². The zero-order valence-corrected chi connectivity index (χ0v) is 10.4. The molecule has 1 aliphatic heterocycles. The van der Waals surface area contributed by atoms with Gasteiger partial charge < -0.3 is 10.0 Å². The second-order valence-electron chi connectivity index (χ2n) is 4.39. The molecule has 106 valence electrons. The summed E-state index contributed by atoms with van der Waals surface area (Å²) in [6.45, 7) is -0.0226. The molecule has 0 aromatic heterocycles. The van der Waals surface area contributed by atoms with Crippen molar-refractivity contribution in [3.8, 4) is 0 Å². The number of hydrogen-bond acceptors (Lipinski definition) is 3. The van der Waals surface area contributed by atoms with Gasteiger partial charge in [-0.15, -0.1) is 0 Å². The highest BCUT2D eigenvalue weighted by atomic mass is 19.1. The normalized spacial score (nSPS) is 13.8. The van der Waals surface area contributed by atoms with Gasteiger partial charge in [0.2, 0.25) is 0 Å². The number of nitrogens with zero attached hydrogens (tertiary/aromatic N) is 1. The molecule has 0 radical (unpaired) electrons. The monoisotopic (exact) mass is 283 g/mol. The van der Waals surface area contributed by atoms with Crippen molar-refractivity contribution in [3.63, 3.8) is 0 Å². The Hall–Kier alpha value is -2.31. The Morgan fingerprint density at radius 3 is 2.45 bits per heavy atom. The number of anilines is 1.